The van der Waals surface area contributed by atoms with E-state index in [1.807, 2.05) is 24.3 Å². The highest BCUT2D eigenvalue weighted by Gasteiger charge is 2.27. The zero-order chi connectivity index (χ0) is 14.8. The number of amides is 1. The van der Waals surface area contributed by atoms with Gasteiger partial charge in [-0.1, -0.05) is 35.9 Å². The standard InChI is InChI=1S/C15H12BrClN2O2/c16-12-7-10(8-18-14(12)17)19-15(20)13-11-4-2-1-3-9(11)5-6-21-13/h1-4,7-8,13H,5-6H2,(H,19,20). The third-order valence-electron chi connectivity index (χ3n) is 3.30. The second kappa shape index (κ2) is 6.13. The quantitative estimate of drug-likeness (QED) is 0.823. The molecule has 0 aliphatic carbocycles. The van der Waals surface area contributed by atoms with Crippen LogP contribution in [0.2, 0.25) is 5.15 Å². The number of carbonyl (C=O) groups is 1. The number of pyridine rings is 1. The molecule has 3 rings (SSSR count). The summed E-state index contributed by atoms with van der Waals surface area (Å²) in [6.45, 7) is 0.539. The molecule has 108 valence electrons. The molecule has 1 aromatic carbocycles. The van der Waals surface area contributed by atoms with Crippen molar-refractivity contribution in [3.05, 3.63) is 57.3 Å². The second-order valence-electron chi connectivity index (χ2n) is 4.69. The molecule has 0 bridgehead atoms. The smallest absolute Gasteiger partial charge is 0.258 e. The molecule has 2 aromatic rings. The van der Waals surface area contributed by atoms with Gasteiger partial charge in [0.05, 0.1) is 23.0 Å². The lowest BCUT2D eigenvalue weighted by atomic mass is 9.97. The molecule has 0 spiro atoms. The molecule has 2 heterocycles. The molecule has 1 aliphatic rings. The number of halogens is 2. The average Bonchev–Trinajstić information content (AvgIpc) is 2.50. The Hall–Kier alpha value is -1.43. The van der Waals surface area contributed by atoms with E-state index >= 15 is 0 Å². The molecule has 1 aliphatic heterocycles. The Morgan fingerprint density at radius 1 is 1.43 bits per heavy atom. The number of hydrogen-bond acceptors (Lipinski definition) is 3. The second-order valence-corrected chi connectivity index (χ2v) is 5.90. The monoisotopic (exact) mass is 366 g/mol. The van der Waals surface area contributed by atoms with Gasteiger partial charge in [-0.05, 0) is 39.5 Å². The molecule has 0 fully saturated rings. The number of nitrogens with zero attached hydrogens (tertiary/aromatic N) is 1. The maximum Gasteiger partial charge on any atom is 0.258 e. The van der Waals surface area contributed by atoms with Crippen LogP contribution < -0.4 is 5.32 Å². The molecule has 0 saturated heterocycles. The van der Waals surface area contributed by atoms with Gasteiger partial charge in [-0.2, -0.15) is 0 Å². The lowest BCUT2D eigenvalue weighted by Gasteiger charge is -2.25. The number of benzene rings is 1. The number of anilines is 1. The van der Waals surface area contributed by atoms with Crippen molar-refractivity contribution in [1.82, 2.24) is 4.98 Å². The molecule has 1 atom stereocenters. The third-order valence-corrected chi connectivity index (χ3v) is 4.43. The summed E-state index contributed by atoms with van der Waals surface area (Å²) < 4.78 is 6.25. The van der Waals surface area contributed by atoms with Crippen LogP contribution in [0.4, 0.5) is 5.69 Å². The molecule has 1 amide bonds. The lowest BCUT2D eigenvalue weighted by molar-refractivity contribution is -0.128. The Morgan fingerprint density at radius 3 is 3.05 bits per heavy atom. The molecule has 4 nitrogen and oxygen atoms in total. The van der Waals surface area contributed by atoms with E-state index < -0.39 is 6.10 Å². The minimum Gasteiger partial charge on any atom is -0.363 e. The molecule has 1 aromatic heterocycles. The fraction of sp³-hybridized carbons (Fsp3) is 0.200. The highest BCUT2D eigenvalue weighted by atomic mass is 79.9. The maximum atomic E-state index is 12.4. The van der Waals surface area contributed by atoms with E-state index in [1.54, 1.807) is 6.07 Å². The van der Waals surface area contributed by atoms with Gasteiger partial charge in [-0.3, -0.25) is 4.79 Å². The van der Waals surface area contributed by atoms with Gasteiger partial charge in [0.1, 0.15) is 5.15 Å². The van der Waals surface area contributed by atoms with Crippen molar-refractivity contribution >= 4 is 39.1 Å². The van der Waals surface area contributed by atoms with Gasteiger partial charge < -0.3 is 10.1 Å². The van der Waals surface area contributed by atoms with Gasteiger partial charge >= 0.3 is 0 Å². The summed E-state index contributed by atoms with van der Waals surface area (Å²) in [4.78, 5) is 16.4. The van der Waals surface area contributed by atoms with Crippen molar-refractivity contribution in [3.8, 4) is 0 Å². The molecule has 1 unspecified atom stereocenters. The Bertz CT molecular complexity index is 693. The van der Waals surface area contributed by atoms with Gasteiger partial charge in [0.15, 0.2) is 6.10 Å². The van der Waals surface area contributed by atoms with Gasteiger partial charge in [0.2, 0.25) is 0 Å². The predicted octanol–water partition coefficient (Wildman–Crippen LogP) is 3.75. The van der Waals surface area contributed by atoms with Crippen molar-refractivity contribution < 1.29 is 9.53 Å². The lowest BCUT2D eigenvalue weighted by Crippen LogP contribution is -2.28. The molecule has 6 heteroatoms. The largest absolute Gasteiger partial charge is 0.363 e. The van der Waals surface area contributed by atoms with Crippen LogP contribution in [0.25, 0.3) is 0 Å². The van der Waals surface area contributed by atoms with Crippen LogP contribution in [-0.4, -0.2) is 17.5 Å². The van der Waals surface area contributed by atoms with Crippen LogP contribution in [0.15, 0.2) is 41.0 Å². The van der Waals surface area contributed by atoms with Gasteiger partial charge in [-0.15, -0.1) is 0 Å². The Labute approximate surface area is 135 Å². The van der Waals surface area contributed by atoms with Crippen molar-refractivity contribution in [2.45, 2.75) is 12.5 Å². The first-order valence-electron chi connectivity index (χ1n) is 6.46. The number of rotatable bonds is 2. The van der Waals surface area contributed by atoms with E-state index in [4.69, 9.17) is 16.3 Å². The highest BCUT2D eigenvalue weighted by Crippen LogP contribution is 2.29. The van der Waals surface area contributed by atoms with Gasteiger partial charge in [-0.25, -0.2) is 4.98 Å². The van der Waals surface area contributed by atoms with Crippen LogP contribution >= 0.6 is 27.5 Å². The summed E-state index contributed by atoms with van der Waals surface area (Å²) in [7, 11) is 0. The summed E-state index contributed by atoms with van der Waals surface area (Å²) in [5, 5.41) is 3.16. The molecule has 0 saturated carbocycles. The molecule has 21 heavy (non-hydrogen) atoms. The molecule has 0 radical (unpaired) electrons. The summed E-state index contributed by atoms with van der Waals surface area (Å²) in [6.07, 6.45) is 1.75. The fourth-order valence-corrected chi connectivity index (χ4v) is 2.76. The maximum absolute atomic E-state index is 12.4. The van der Waals surface area contributed by atoms with E-state index in [0.29, 0.717) is 21.9 Å². The molecular formula is C15H12BrClN2O2. The first kappa shape index (κ1) is 14.5. The van der Waals surface area contributed by atoms with E-state index in [0.717, 1.165) is 17.5 Å². The Morgan fingerprint density at radius 2 is 2.24 bits per heavy atom. The normalized spacial score (nSPS) is 17.1. The fourth-order valence-electron chi connectivity index (χ4n) is 2.31. The molecular weight excluding hydrogens is 356 g/mol. The zero-order valence-corrected chi connectivity index (χ0v) is 13.3. The molecule has 1 N–H and O–H groups in total. The van der Waals surface area contributed by atoms with Crippen LogP contribution in [0.5, 0.6) is 0 Å². The number of carbonyl (C=O) groups excluding carboxylic acids is 1. The summed E-state index contributed by atoms with van der Waals surface area (Å²) >= 11 is 9.12. The van der Waals surface area contributed by atoms with Crippen molar-refractivity contribution in [2.75, 3.05) is 11.9 Å². The Kier molecular flexibility index (Phi) is 4.24. The number of fused-ring (bicyclic) bond motifs is 1. The van der Waals surface area contributed by atoms with E-state index in [1.165, 1.54) is 6.20 Å². The van der Waals surface area contributed by atoms with Crippen LogP contribution in [0.1, 0.15) is 17.2 Å². The zero-order valence-electron chi connectivity index (χ0n) is 11.0. The summed E-state index contributed by atoms with van der Waals surface area (Å²) in [6, 6.07) is 9.54. The van der Waals surface area contributed by atoms with E-state index in [2.05, 4.69) is 26.2 Å². The Balaban J connectivity index is 1.81. The number of hydrogen-bond donors (Lipinski definition) is 1. The van der Waals surface area contributed by atoms with Gasteiger partial charge in [0.25, 0.3) is 5.91 Å². The first-order chi connectivity index (χ1) is 10.1. The van der Waals surface area contributed by atoms with Crippen molar-refractivity contribution in [2.24, 2.45) is 0 Å². The van der Waals surface area contributed by atoms with E-state index in [-0.39, 0.29) is 5.91 Å². The third kappa shape index (κ3) is 3.10. The average molecular weight is 368 g/mol. The van der Waals surface area contributed by atoms with Crippen molar-refractivity contribution in [3.63, 3.8) is 0 Å². The SMILES string of the molecule is O=C(Nc1cnc(Cl)c(Br)c1)C1OCCc2ccccc21. The highest BCUT2D eigenvalue weighted by molar-refractivity contribution is 9.10. The van der Waals surface area contributed by atoms with Gasteiger partial charge in [0, 0.05) is 0 Å². The van der Waals surface area contributed by atoms with E-state index in [9.17, 15) is 4.79 Å². The predicted molar refractivity (Wildman–Crippen MR) is 84.4 cm³/mol. The topological polar surface area (TPSA) is 51.2 Å². The summed E-state index contributed by atoms with van der Waals surface area (Å²) in [5.41, 5.74) is 2.64. The minimum atomic E-state index is -0.593. The van der Waals surface area contributed by atoms with Crippen LogP contribution in [-0.2, 0) is 16.0 Å². The van der Waals surface area contributed by atoms with Crippen molar-refractivity contribution in [1.29, 1.82) is 0 Å². The minimum absolute atomic E-state index is 0.210. The van der Waals surface area contributed by atoms with Crippen LogP contribution in [0, 0.1) is 0 Å². The van der Waals surface area contributed by atoms with Crippen LogP contribution in [0.3, 0.4) is 0 Å². The number of nitrogens with one attached hydrogen (secondary N) is 1. The number of aromatic nitrogens is 1. The number of ether oxygens (including phenoxy) is 1. The summed E-state index contributed by atoms with van der Waals surface area (Å²) in [5.74, 6) is -0.210. The first-order valence-corrected chi connectivity index (χ1v) is 7.63.